The van der Waals surface area contributed by atoms with Crippen molar-refractivity contribution in [1.82, 2.24) is 38.2 Å². The fourth-order valence-electron chi connectivity index (χ4n) is 15.0. The summed E-state index contributed by atoms with van der Waals surface area (Å²) in [6.07, 6.45) is 7.05. The van der Waals surface area contributed by atoms with Gasteiger partial charge in [-0.05, 0) is 106 Å². The molecule has 12 aromatic carbocycles. The van der Waals surface area contributed by atoms with E-state index in [0.717, 1.165) is 143 Å². The van der Waals surface area contributed by atoms with Gasteiger partial charge in [-0.1, -0.05) is 182 Å². The summed E-state index contributed by atoms with van der Waals surface area (Å²) in [6.45, 7) is 0. The van der Waals surface area contributed by atoms with Gasteiger partial charge < -0.3 is 18.3 Å². The Morgan fingerprint density at radius 1 is 0.271 bits per heavy atom. The number of rotatable bonds is 6. The lowest BCUT2D eigenvalue weighted by Gasteiger charge is -2.34. The zero-order chi connectivity index (χ0) is 59.0. The Morgan fingerprint density at radius 3 is 0.871 bits per heavy atom. The molecule has 85 heavy (non-hydrogen) atoms. The molecule has 0 unspecified atom stereocenters. The van der Waals surface area contributed by atoms with Gasteiger partial charge in [0.25, 0.3) is 0 Å². The minimum Gasteiger partial charge on any atom is -0.307 e. The van der Waals surface area contributed by atoms with Crippen LogP contribution in [0.15, 0.2) is 279 Å². The highest BCUT2D eigenvalue weighted by Crippen LogP contribution is 2.57. The smallest absolute Gasteiger partial charge is 0.115 e. The van der Waals surface area contributed by atoms with E-state index in [0.29, 0.717) is 24.2 Å². The Labute approximate surface area is 491 Å². The number of benzene rings is 12. The van der Waals surface area contributed by atoms with Crippen LogP contribution in [0.4, 0.5) is 0 Å². The molecule has 6 heterocycles. The Kier molecular flexibility index (Phi) is 8.61. The highest BCUT2D eigenvalue weighted by Gasteiger charge is 2.46. The van der Waals surface area contributed by atoms with Crippen molar-refractivity contribution >= 4 is 109 Å². The second-order valence-corrected chi connectivity index (χ2v) is 22.1. The third-order valence-electron chi connectivity index (χ3n) is 18.1. The highest BCUT2D eigenvalue weighted by molar-refractivity contribution is 6.37. The van der Waals surface area contributed by atoms with Crippen molar-refractivity contribution in [2.24, 2.45) is 0 Å². The van der Waals surface area contributed by atoms with E-state index in [1.165, 1.54) is 22.3 Å². The first kappa shape index (κ1) is 42.4. The number of para-hydroxylation sites is 6. The average molecular weight is 1090 g/mol. The first-order valence-electron chi connectivity index (χ1n) is 30.6. The fraction of sp³-hybridized carbons (Fsp3) is 0.0130. The van der Waals surface area contributed by atoms with E-state index in [4.69, 9.17) is 25.4 Å². The molecule has 0 saturated heterocycles. The van der Waals surface area contributed by atoms with Crippen LogP contribution < -0.4 is 0 Å². The topological polar surface area (TPSA) is 71.3 Å². The molecule has 0 radical (unpaired) electrons. The van der Waals surface area contributed by atoms with Crippen molar-refractivity contribution in [2.75, 3.05) is 0 Å². The lowest BCUT2D eigenvalue weighted by Crippen LogP contribution is -2.28. The van der Waals surface area contributed by atoms with Gasteiger partial charge >= 0.3 is 0 Å². The molecule has 8 heteroatoms. The number of hydrogen-bond donors (Lipinski definition) is 0. The average Bonchev–Trinajstić information content (AvgIpc) is 1.57. The largest absolute Gasteiger partial charge is 0.307 e. The summed E-state index contributed by atoms with van der Waals surface area (Å²) in [5.41, 5.74) is 20.2. The molecule has 394 valence electrons. The zero-order valence-electron chi connectivity index (χ0n) is 49.3. The molecule has 1 aliphatic carbocycles. The Balaban J connectivity index is 0.850. The highest BCUT2D eigenvalue weighted by atomic mass is 15.0. The molecule has 0 spiro atoms. The normalized spacial score (nSPS) is 13.7. The van der Waals surface area contributed by atoms with E-state index in [9.17, 15) is 0 Å². The van der Waals surface area contributed by atoms with Crippen molar-refractivity contribution in [3.05, 3.63) is 302 Å². The van der Waals surface area contributed by atoms with E-state index < -0.39 is 5.41 Å². The van der Waals surface area contributed by atoms with E-state index >= 15 is 0 Å². The molecular weight excluding hydrogens is 1040 g/mol. The fourth-order valence-corrected chi connectivity index (χ4v) is 15.0. The molecule has 0 atom stereocenters. The van der Waals surface area contributed by atoms with Crippen LogP contribution in [0.25, 0.3) is 143 Å². The third kappa shape index (κ3) is 6.03. The minimum absolute atomic E-state index is 0.397. The Morgan fingerprint density at radius 2 is 0.553 bits per heavy atom. The second kappa shape index (κ2) is 17.3. The standard InChI is InChI=1S/C77H46N8/c1-3-19-49(20-4-1)82-61-31-15-9-25-55(61)65-67-57-27-11-17-33-63(57)84(75(67)71-69(73(65)82)78-43-45-80-71)51-39-35-47(36-40-51)77(59-29-13-7-23-53(59)54-24-8-14-30-60(54)77)48-37-41-52(42-38-48)85-64-34-18-12-28-58(64)68-66-56-26-10-16-32-62(56)83(50-21-5-2-6-22-50)74(66)70-72(76(68)85)81-46-44-79-70/h1-46H/i9D,10D,11D,12D. The van der Waals surface area contributed by atoms with Crippen LogP contribution in [-0.4, -0.2) is 38.2 Å². The van der Waals surface area contributed by atoms with Gasteiger partial charge in [0.05, 0.1) is 55.0 Å². The lowest BCUT2D eigenvalue weighted by molar-refractivity contribution is 0.767. The summed E-state index contributed by atoms with van der Waals surface area (Å²) < 4.78 is 45.2. The van der Waals surface area contributed by atoms with Gasteiger partial charge in [0.1, 0.15) is 22.1 Å². The molecule has 18 aromatic rings. The number of aromatic nitrogens is 8. The van der Waals surface area contributed by atoms with Crippen molar-refractivity contribution in [3.8, 4) is 33.9 Å². The Hall–Kier alpha value is -11.5. The van der Waals surface area contributed by atoms with E-state index in [-0.39, 0.29) is 0 Å². The summed E-state index contributed by atoms with van der Waals surface area (Å²) in [5, 5.41) is 7.53. The molecule has 0 saturated carbocycles. The molecule has 8 nitrogen and oxygen atoms in total. The number of fused-ring (bicyclic) bond motifs is 23. The third-order valence-corrected chi connectivity index (χ3v) is 18.1. The summed E-state index contributed by atoms with van der Waals surface area (Å²) in [7, 11) is 0. The molecule has 6 aromatic heterocycles. The van der Waals surface area contributed by atoms with Crippen LogP contribution in [0.1, 0.15) is 27.7 Å². The van der Waals surface area contributed by atoms with E-state index in [1.807, 2.05) is 97.1 Å². The van der Waals surface area contributed by atoms with Crippen LogP contribution >= 0.6 is 0 Å². The maximum Gasteiger partial charge on any atom is 0.115 e. The van der Waals surface area contributed by atoms with Gasteiger partial charge in [-0.2, -0.15) is 0 Å². The van der Waals surface area contributed by atoms with E-state index in [2.05, 4.69) is 152 Å². The number of nitrogens with zero attached hydrogens (tertiary/aromatic N) is 8. The van der Waals surface area contributed by atoms with Gasteiger partial charge in [-0.3, -0.25) is 19.9 Å². The molecule has 0 fully saturated rings. The van der Waals surface area contributed by atoms with Crippen molar-refractivity contribution in [2.45, 2.75) is 5.41 Å². The summed E-state index contributed by atoms with van der Waals surface area (Å²) >= 11 is 0. The van der Waals surface area contributed by atoms with Gasteiger partial charge in [0.2, 0.25) is 0 Å². The minimum atomic E-state index is -0.763. The summed E-state index contributed by atoms with van der Waals surface area (Å²) in [6, 6.07) is 81.3. The summed E-state index contributed by atoms with van der Waals surface area (Å²) in [4.78, 5) is 20.6. The van der Waals surface area contributed by atoms with Gasteiger partial charge in [0, 0.05) is 90.6 Å². The lowest BCUT2D eigenvalue weighted by atomic mass is 9.67. The second-order valence-electron chi connectivity index (χ2n) is 22.1. The van der Waals surface area contributed by atoms with Gasteiger partial charge in [-0.15, -0.1) is 0 Å². The van der Waals surface area contributed by atoms with E-state index in [1.54, 1.807) is 24.8 Å². The first-order chi connectivity index (χ1) is 43.8. The van der Waals surface area contributed by atoms with Crippen molar-refractivity contribution in [1.29, 1.82) is 0 Å². The van der Waals surface area contributed by atoms with Gasteiger partial charge in [0.15, 0.2) is 0 Å². The molecule has 0 N–H and O–H groups in total. The van der Waals surface area contributed by atoms with Gasteiger partial charge in [-0.25, -0.2) is 0 Å². The molecule has 0 aliphatic heterocycles. The van der Waals surface area contributed by atoms with Crippen LogP contribution in [0.3, 0.4) is 0 Å². The maximum atomic E-state index is 9.08. The first-order valence-corrected chi connectivity index (χ1v) is 28.6. The van der Waals surface area contributed by atoms with Crippen molar-refractivity contribution < 1.29 is 5.48 Å². The zero-order valence-corrected chi connectivity index (χ0v) is 45.3. The Bertz CT molecular complexity index is 5710. The van der Waals surface area contributed by atoms with Crippen molar-refractivity contribution in [3.63, 3.8) is 0 Å². The molecule has 1 aliphatic rings. The predicted octanol–water partition coefficient (Wildman–Crippen LogP) is 18.3. The SMILES string of the molecule is [2H]c1ccc2c(c1)c1c3c4cc([2H])ccc4n(-c4ccc(C5(c6ccc(-n7c8ccc([2H])cc8c8c9c%10cc([2H])ccc%10n(-c%10ccccc%10)c9c9nccnc9c87)cc6)c6ccccc6-c6ccccc65)cc4)c3c3nccnc3c1n2-c1ccccc1. The monoisotopic (exact) mass is 1090 g/mol. The molecular formula is C77H46N8. The van der Waals surface area contributed by atoms with Crippen LogP contribution in [0.2, 0.25) is 0 Å². The van der Waals surface area contributed by atoms with Crippen LogP contribution in [-0.2, 0) is 5.41 Å². The maximum absolute atomic E-state index is 9.08. The quantitative estimate of drug-likeness (QED) is 0.166. The predicted molar refractivity (Wildman–Crippen MR) is 347 cm³/mol. The molecule has 19 rings (SSSR count). The number of hydrogen-bond acceptors (Lipinski definition) is 4. The van der Waals surface area contributed by atoms with Crippen LogP contribution in [0, 0.1) is 0 Å². The summed E-state index contributed by atoms with van der Waals surface area (Å²) in [5.74, 6) is 0. The molecule has 0 amide bonds. The van der Waals surface area contributed by atoms with Crippen LogP contribution in [0.5, 0.6) is 0 Å². The molecule has 0 bridgehead atoms.